The number of hydrogen-bond acceptors (Lipinski definition) is 4. The van der Waals surface area contributed by atoms with Crippen LogP contribution in [-0.2, 0) is 20.6 Å². The van der Waals surface area contributed by atoms with Crippen molar-refractivity contribution in [3.8, 4) is 0 Å². The van der Waals surface area contributed by atoms with Gasteiger partial charge in [0, 0.05) is 45.6 Å². The molecule has 1 aliphatic rings. The number of rotatable bonds is 4. The highest BCUT2D eigenvalue weighted by molar-refractivity contribution is 5.02. The highest BCUT2D eigenvalue weighted by Crippen LogP contribution is 2.20. The van der Waals surface area contributed by atoms with Crippen molar-refractivity contribution in [1.82, 2.24) is 14.0 Å². The van der Waals surface area contributed by atoms with Gasteiger partial charge in [-0.3, -0.25) is 18.8 Å². The minimum atomic E-state index is -0.281. The molecular weight excluding hydrogens is 258 g/mol. The Kier molecular flexibility index (Phi) is 4.77. The summed E-state index contributed by atoms with van der Waals surface area (Å²) < 4.78 is 2.66. The fourth-order valence-electron chi connectivity index (χ4n) is 2.87. The Hall–Kier alpha value is -1.40. The molecule has 1 atom stereocenters. The lowest BCUT2D eigenvalue weighted by Crippen LogP contribution is -2.41. The third kappa shape index (κ3) is 3.19. The molecule has 0 radical (unpaired) electrons. The summed E-state index contributed by atoms with van der Waals surface area (Å²) in [7, 11) is 3.19. The highest BCUT2D eigenvalue weighted by Gasteiger charge is 2.20. The third-order valence-corrected chi connectivity index (χ3v) is 4.15. The summed E-state index contributed by atoms with van der Waals surface area (Å²) >= 11 is 0. The Morgan fingerprint density at radius 2 is 2.05 bits per heavy atom. The maximum absolute atomic E-state index is 11.9. The number of nitrogens with zero attached hydrogens (tertiary/aromatic N) is 3. The lowest BCUT2D eigenvalue weighted by molar-refractivity contribution is 0.140. The van der Waals surface area contributed by atoms with Crippen LogP contribution >= 0.6 is 0 Å². The molecule has 1 N–H and O–H groups in total. The van der Waals surface area contributed by atoms with Gasteiger partial charge in [0.15, 0.2) is 0 Å². The minimum Gasteiger partial charge on any atom is -0.396 e. The number of aliphatic hydroxyl groups excluding tert-OH is 1. The molecule has 0 aromatic carbocycles. The lowest BCUT2D eigenvalue weighted by atomic mass is 9.95. The van der Waals surface area contributed by atoms with Gasteiger partial charge in [0.25, 0.3) is 5.56 Å². The predicted molar refractivity (Wildman–Crippen MR) is 76.6 cm³/mol. The molecule has 0 amide bonds. The van der Waals surface area contributed by atoms with Crippen LogP contribution in [0.5, 0.6) is 0 Å². The zero-order valence-electron chi connectivity index (χ0n) is 12.2. The predicted octanol–water partition coefficient (Wildman–Crippen LogP) is -0.322. The van der Waals surface area contributed by atoms with Gasteiger partial charge in [-0.2, -0.15) is 0 Å². The molecule has 0 aliphatic carbocycles. The van der Waals surface area contributed by atoms with Crippen LogP contribution in [0.2, 0.25) is 0 Å². The van der Waals surface area contributed by atoms with E-state index < -0.39 is 0 Å². The average Bonchev–Trinajstić information content (AvgIpc) is 2.43. The van der Waals surface area contributed by atoms with E-state index in [0.29, 0.717) is 12.5 Å². The molecule has 2 heterocycles. The van der Waals surface area contributed by atoms with Crippen LogP contribution in [0.4, 0.5) is 0 Å². The molecule has 1 aliphatic heterocycles. The molecular formula is C14H23N3O3. The first kappa shape index (κ1) is 15.0. The molecule has 1 saturated heterocycles. The fourth-order valence-corrected chi connectivity index (χ4v) is 2.87. The van der Waals surface area contributed by atoms with E-state index in [1.807, 2.05) is 0 Å². The van der Waals surface area contributed by atoms with Gasteiger partial charge < -0.3 is 5.11 Å². The maximum Gasteiger partial charge on any atom is 0.330 e. The van der Waals surface area contributed by atoms with Crippen molar-refractivity contribution in [3.05, 3.63) is 32.6 Å². The van der Waals surface area contributed by atoms with E-state index in [0.717, 1.165) is 42.6 Å². The Bertz CT molecular complexity index is 574. The quantitative estimate of drug-likeness (QED) is 0.821. The molecule has 0 saturated carbocycles. The van der Waals surface area contributed by atoms with Crippen LogP contribution in [0.25, 0.3) is 0 Å². The first-order valence-electron chi connectivity index (χ1n) is 7.12. The summed E-state index contributed by atoms with van der Waals surface area (Å²) in [6.07, 6.45) is 3.07. The van der Waals surface area contributed by atoms with Gasteiger partial charge >= 0.3 is 5.69 Å². The molecule has 1 unspecified atom stereocenters. The summed E-state index contributed by atoms with van der Waals surface area (Å²) in [5.41, 5.74) is 0.214. The van der Waals surface area contributed by atoms with Crippen molar-refractivity contribution in [2.24, 2.45) is 20.0 Å². The molecule has 1 aromatic heterocycles. The molecule has 2 rings (SSSR count). The van der Waals surface area contributed by atoms with E-state index >= 15 is 0 Å². The smallest absolute Gasteiger partial charge is 0.330 e. The van der Waals surface area contributed by atoms with Gasteiger partial charge in [-0.1, -0.05) is 0 Å². The Labute approximate surface area is 118 Å². The zero-order chi connectivity index (χ0) is 14.7. The van der Waals surface area contributed by atoms with Crippen molar-refractivity contribution < 1.29 is 5.11 Å². The van der Waals surface area contributed by atoms with E-state index in [-0.39, 0.29) is 17.9 Å². The Balaban J connectivity index is 2.14. The molecule has 1 fully saturated rings. The number of aliphatic hydroxyl groups is 1. The maximum atomic E-state index is 11.9. The molecule has 1 aromatic rings. The molecule has 20 heavy (non-hydrogen) atoms. The second-order valence-corrected chi connectivity index (χ2v) is 5.63. The van der Waals surface area contributed by atoms with E-state index in [1.165, 1.54) is 17.7 Å². The molecule has 0 bridgehead atoms. The number of hydrogen-bond donors (Lipinski definition) is 1. The third-order valence-electron chi connectivity index (χ3n) is 4.15. The van der Waals surface area contributed by atoms with Crippen molar-refractivity contribution in [3.63, 3.8) is 0 Å². The monoisotopic (exact) mass is 281 g/mol. The van der Waals surface area contributed by atoms with E-state index in [9.17, 15) is 9.59 Å². The zero-order valence-corrected chi connectivity index (χ0v) is 12.2. The average molecular weight is 281 g/mol. The second-order valence-electron chi connectivity index (χ2n) is 5.63. The van der Waals surface area contributed by atoms with E-state index in [4.69, 9.17) is 5.11 Å². The van der Waals surface area contributed by atoms with E-state index in [1.54, 1.807) is 7.05 Å². The van der Waals surface area contributed by atoms with Gasteiger partial charge in [0.1, 0.15) is 0 Å². The second kappa shape index (κ2) is 6.37. The first-order chi connectivity index (χ1) is 9.52. The minimum absolute atomic E-state index is 0.225. The summed E-state index contributed by atoms with van der Waals surface area (Å²) in [5, 5.41) is 9.03. The topological polar surface area (TPSA) is 67.5 Å². The highest BCUT2D eigenvalue weighted by atomic mass is 16.3. The fraction of sp³-hybridized carbons (Fsp3) is 0.714. The van der Waals surface area contributed by atoms with Crippen molar-refractivity contribution in [1.29, 1.82) is 0 Å². The molecule has 6 nitrogen and oxygen atoms in total. The molecule has 112 valence electrons. The van der Waals surface area contributed by atoms with E-state index in [2.05, 4.69) is 4.90 Å². The first-order valence-corrected chi connectivity index (χ1v) is 7.12. The largest absolute Gasteiger partial charge is 0.396 e. The van der Waals surface area contributed by atoms with Gasteiger partial charge in [-0.25, -0.2) is 4.79 Å². The summed E-state index contributed by atoms with van der Waals surface area (Å²) in [6, 6.07) is 1.54. The van der Waals surface area contributed by atoms with Crippen LogP contribution in [0.3, 0.4) is 0 Å². The molecule has 0 spiro atoms. The Morgan fingerprint density at radius 3 is 2.75 bits per heavy atom. The summed E-state index contributed by atoms with van der Waals surface area (Å²) in [5.74, 6) is 0.511. The Morgan fingerprint density at radius 1 is 1.30 bits per heavy atom. The van der Waals surface area contributed by atoms with Crippen molar-refractivity contribution in [2.75, 3.05) is 19.7 Å². The number of likely N-dealkylation sites (tertiary alicyclic amines) is 1. The van der Waals surface area contributed by atoms with Crippen LogP contribution in [-0.4, -0.2) is 38.8 Å². The van der Waals surface area contributed by atoms with Gasteiger partial charge in [-0.05, 0) is 31.7 Å². The van der Waals surface area contributed by atoms with Gasteiger partial charge in [0.05, 0.1) is 0 Å². The van der Waals surface area contributed by atoms with Crippen molar-refractivity contribution >= 4 is 0 Å². The van der Waals surface area contributed by atoms with Gasteiger partial charge in [-0.15, -0.1) is 0 Å². The van der Waals surface area contributed by atoms with Gasteiger partial charge in [0.2, 0.25) is 0 Å². The normalized spacial score (nSPS) is 20.2. The lowest BCUT2D eigenvalue weighted by Gasteiger charge is -2.32. The summed E-state index contributed by atoms with van der Waals surface area (Å²) in [6.45, 7) is 2.74. The van der Waals surface area contributed by atoms with Crippen molar-refractivity contribution in [2.45, 2.75) is 25.8 Å². The number of piperidine rings is 1. The standard InChI is InChI=1S/C14H23N3O3/c1-15-12(8-13(19)16(2)14(15)20)10-17-6-3-4-11(9-17)5-7-18/h8,11,18H,3-7,9-10H2,1-2H3. The van der Waals surface area contributed by atoms with Crippen LogP contribution in [0, 0.1) is 5.92 Å². The summed E-state index contributed by atoms with van der Waals surface area (Å²) in [4.78, 5) is 25.9. The van der Waals surface area contributed by atoms with Crippen LogP contribution in [0.1, 0.15) is 25.0 Å². The van der Waals surface area contributed by atoms with Crippen LogP contribution < -0.4 is 11.2 Å². The van der Waals surface area contributed by atoms with Crippen LogP contribution in [0.15, 0.2) is 15.7 Å². The SMILES string of the molecule is Cn1c(CN2CCCC(CCO)C2)cc(=O)n(C)c1=O. The number of aromatic nitrogens is 2. The molecule has 6 heteroatoms.